The van der Waals surface area contributed by atoms with E-state index in [-0.39, 0.29) is 22.4 Å². The molecule has 21 heavy (non-hydrogen) atoms. The number of sulfonamides is 1. The quantitative estimate of drug-likeness (QED) is 0.852. The summed E-state index contributed by atoms with van der Waals surface area (Å²) >= 11 is 2.96. The van der Waals surface area contributed by atoms with Crippen LogP contribution in [0, 0.1) is 23.5 Å². The maximum atomic E-state index is 14.0. The van der Waals surface area contributed by atoms with Crippen LogP contribution in [0.2, 0.25) is 0 Å². The predicted molar refractivity (Wildman–Crippen MR) is 77.3 cm³/mol. The number of nitrogens with one attached hydrogen (secondary N) is 1. The van der Waals surface area contributed by atoms with E-state index >= 15 is 0 Å². The van der Waals surface area contributed by atoms with Crippen LogP contribution in [0.5, 0.6) is 0 Å². The van der Waals surface area contributed by atoms with Gasteiger partial charge in [-0.3, -0.25) is 0 Å². The van der Waals surface area contributed by atoms with Crippen molar-refractivity contribution in [2.45, 2.75) is 17.9 Å². The summed E-state index contributed by atoms with van der Waals surface area (Å²) in [6, 6.07) is 1.37. The maximum Gasteiger partial charge on any atom is 0.247 e. The van der Waals surface area contributed by atoms with Gasteiger partial charge >= 0.3 is 0 Å². The molecule has 2 fully saturated rings. The summed E-state index contributed by atoms with van der Waals surface area (Å²) in [5.74, 6) is -1.39. The monoisotopic (exact) mass is 380 g/mol. The number of rotatable bonds is 2. The van der Waals surface area contributed by atoms with Crippen molar-refractivity contribution in [3.05, 3.63) is 28.2 Å². The minimum atomic E-state index is -3.99. The van der Waals surface area contributed by atoms with Crippen LogP contribution in [0.15, 0.2) is 21.5 Å². The van der Waals surface area contributed by atoms with Crippen LogP contribution < -0.4 is 5.32 Å². The summed E-state index contributed by atoms with van der Waals surface area (Å²) < 4.78 is 53.9. The van der Waals surface area contributed by atoms with Crippen LogP contribution in [-0.4, -0.2) is 38.4 Å². The van der Waals surface area contributed by atoms with Crippen LogP contribution in [0.4, 0.5) is 8.78 Å². The Balaban J connectivity index is 2.02. The SMILES string of the molecule is CC1C2CNCC2CN1S(=O)(=O)c1c(F)cc(F)cc1Br. The Morgan fingerprint density at radius 1 is 1.33 bits per heavy atom. The highest BCUT2D eigenvalue weighted by Crippen LogP contribution is 2.38. The fourth-order valence-corrected chi connectivity index (χ4v) is 6.19. The molecule has 2 aliphatic heterocycles. The molecule has 1 aromatic carbocycles. The molecule has 1 N–H and O–H groups in total. The second-order valence-electron chi connectivity index (χ2n) is 5.60. The molecule has 3 atom stereocenters. The summed E-state index contributed by atoms with van der Waals surface area (Å²) in [4.78, 5) is -0.483. The largest absolute Gasteiger partial charge is 0.316 e. The first-order valence-corrected chi connectivity index (χ1v) is 8.93. The van der Waals surface area contributed by atoms with Crippen LogP contribution in [0.1, 0.15) is 6.92 Å². The highest BCUT2D eigenvalue weighted by molar-refractivity contribution is 9.10. The number of nitrogens with zero attached hydrogens (tertiary/aromatic N) is 1. The Morgan fingerprint density at radius 2 is 2.05 bits per heavy atom. The first-order chi connectivity index (χ1) is 9.82. The smallest absolute Gasteiger partial charge is 0.247 e. The van der Waals surface area contributed by atoms with Crippen molar-refractivity contribution >= 4 is 26.0 Å². The highest BCUT2D eigenvalue weighted by Gasteiger charge is 2.47. The van der Waals surface area contributed by atoms with Crippen LogP contribution in [-0.2, 0) is 10.0 Å². The molecular formula is C13H15BrF2N2O2S. The number of hydrogen-bond acceptors (Lipinski definition) is 3. The average molecular weight is 381 g/mol. The van der Waals surface area contributed by atoms with Crippen LogP contribution in [0.25, 0.3) is 0 Å². The molecule has 2 aliphatic rings. The third kappa shape index (κ3) is 2.42. The van der Waals surface area contributed by atoms with Gasteiger partial charge < -0.3 is 5.32 Å². The Kier molecular flexibility index (Phi) is 3.84. The molecule has 3 unspecified atom stereocenters. The van der Waals surface area contributed by atoms with Crippen molar-refractivity contribution in [1.29, 1.82) is 0 Å². The lowest BCUT2D eigenvalue weighted by Gasteiger charge is -2.24. The van der Waals surface area contributed by atoms with Crippen molar-refractivity contribution in [2.75, 3.05) is 19.6 Å². The lowest BCUT2D eigenvalue weighted by molar-refractivity contribution is 0.358. The molecule has 2 saturated heterocycles. The molecule has 4 nitrogen and oxygen atoms in total. The second-order valence-corrected chi connectivity index (χ2v) is 8.28. The number of fused-ring (bicyclic) bond motifs is 1. The van der Waals surface area contributed by atoms with Gasteiger partial charge in [0.05, 0.1) is 0 Å². The van der Waals surface area contributed by atoms with Gasteiger partial charge in [-0.2, -0.15) is 4.31 Å². The first-order valence-electron chi connectivity index (χ1n) is 6.69. The fraction of sp³-hybridized carbons (Fsp3) is 0.538. The highest BCUT2D eigenvalue weighted by atomic mass is 79.9. The van der Waals surface area contributed by atoms with Crippen molar-refractivity contribution in [1.82, 2.24) is 9.62 Å². The molecule has 0 spiro atoms. The van der Waals surface area contributed by atoms with Gasteiger partial charge in [0.1, 0.15) is 16.5 Å². The van der Waals surface area contributed by atoms with Gasteiger partial charge in [-0.25, -0.2) is 17.2 Å². The van der Waals surface area contributed by atoms with E-state index < -0.39 is 26.6 Å². The Hall–Kier alpha value is -0.570. The number of benzene rings is 1. The van der Waals surface area contributed by atoms with E-state index in [1.807, 2.05) is 6.92 Å². The summed E-state index contributed by atoms with van der Waals surface area (Å²) in [5.41, 5.74) is 0. The van der Waals surface area contributed by atoms with E-state index in [4.69, 9.17) is 0 Å². The van der Waals surface area contributed by atoms with Gasteiger partial charge in [-0.1, -0.05) is 0 Å². The lowest BCUT2D eigenvalue weighted by Crippen LogP contribution is -2.38. The molecular weight excluding hydrogens is 366 g/mol. The summed E-state index contributed by atoms with van der Waals surface area (Å²) in [6.07, 6.45) is 0. The van der Waals surface area contributed by atoms with E-state index in [0.29, 0.717) is 12.6 Å². The van der Waals surface area contributed by atoms with Crippen molar-refractivity contribution in [2.24, 2.45) is 11.8 Å². The molecule has 0 radical (unpaired) electrons. The molecule has 0 aliphatic carbocycles. The van der Waals surface area contributed by atoms with Crippen molar-refractivity contribution in [3.8, 4) is 0 Å². The third-order valence-electron chi connectivity index (χ3n) is 4.41. The molecule has 0 saturated carbocycles. The molecule has 3 rings (SSSR count). The summed E-state index contributed by atoms with van der Waals surface area (Å²) in [5, 5.41) is 3.24. The Morgan fingerprint density at radius 3 is 2.67 bits per heavy atom. The van der Waals surface area contributed by atoms with Gasteiger partial charge in [0.2, 0.25) is 10.0 Å². The van der Waals surface area contributed by atoms with Gasteiger partial charge in [0.25, 0.3) is 0 Å². The standard InChI is InChI=1S/C13H15BrF2N2O2S/c1-7-10-5-17-4-8(10)6-18(7)21(19,20)13-11(14)2-9(15)3-12(13)16/h2-3,7-8,10,17H,4-6H2,1H3. The summed E-state index contributed by atoms with van der Waals surface area (Å²) in [7, 11) is -3.99. The normalized spacial score (nSPS) is 29.8. The van der Waals surface area contributed by atoms with E-state index in [1.54, 1.807) is 0 Å². The zero-order valence-electron chi connectivity index (χ0n) is 11.3. The van der Waals surface area contributed by atoms with E-state index in [1.165, 1.54) is 4.31 Å². The first kappa shape index (κ1) is 15.3. The molecule has 2 heterocycles. The molecule has 0 bridgehead atoms. The molecule has 116 valence electrons. The number of hydrogen-bond donors (Lipinski definition) is 1. The summed E-state index contributed by atoms with van der Waals surface area (Å²) in [6.45, 7) is 3.74. The Bertz CT molecular complexity index is 660. The molecule has 1 aromatic rings. The average Bonchev–Trinajstić information content (AvgIpc) is 2.91. The topological polar surface area (TPSA) is 49.4 Å². The zero-order chi connectivity index (χ0) is 15.4. The van der Waals surface area contributed by atoms with Crippen molar-refractivity contribution < 1.29 is 17.2 Å². The molecule has 0 aromatic heterocycles. The van der Waals surface area contributed by atoms with Gasteiger partial charge in [0.15, 0.2) is 0 Å². The minimum absolute atomic E-state index is 0.0811. The van der Waals surface area contributed by atoms with Gasteiger partial charge in [0, 0.05) is 23.1 Å². The van der Waals surface area contributed by atoms with E-state index in [2.05, 4.69) is 21.2 Å². The lowest BCUT2D eigenvalue weighted by atomic mass is 9.95. The van der Waals surface area contributed by atoms with Crippen LogP contribution in [0.3, 0.4) is 0 Å². The van der Waals surface area contributed by atoms with Gasteiger partial charge in [-0.05, 0) is 53.8 Å². The minimum Gasteiger partial charge on any atom is -0.316 e. The van der Waals surface area contributed by atoms with Crippen molar-refractivity contribution in [3.63, 3.8) is 0 Å². The third-order valence-corrected chi connectivity index (χ3v) is 7.33. The maximum absolute atomic E-state index is 14.0. The Labute approximate surface area is 130 Å². The second kappa shape index (κ2) is 5.26. The predicted octanol–water partition coefficient (Wildman–Crippen LogP) is 1.96. The zero-order valence-corrected chi connectivity index (χ0v) is 13.7. The molecule has 0 amide bonds. The van der Waals surface area contributed by atoms with E-state index in [9.17, 15) is 17.2 Å². The van der Waals surface area contributed by atoms with Gasteiger partial charge in [-0.15, -0.1) is 0 Å². The van der Waals surface area contributed by atoms with Crippen LogP contribution >= 0.6 is 15.9 Å². The fourth-order valence-electron chi connectivity index (χ4n) is 3.34. The van der Waals surface area contributed by atoms with E-state index in [0.717, 1.165) is 19.2 Å². The molecule has 8 heteroatoms. The number of halogens is 3.